The summed E-state index contributed by atoms with van der Waals surface area (Å²) in [4.78, 5) is 14.1. The van der Waals surface area contributed by atoms with E-state index in [-0.39, 0.29) is 11.3 Å². The Balaban J connectivity index is 1.95. The quantitative estimate of drug-likeness (QED) is 0.622. The fourth-order valence-electron chi connectivity index (χ4n) is 2.33. The summed E-state index contributed by atoms with van der Waals surface area (Å²) < 4.78 is 0. The topological polar surface area (TPSA) is 44.4 Å². The Bertz CT molecular complexity index is 240. The summed E-state index contributed by atoms with van der Waals surface area (Å²) >= 11 is 0. The largest absolute Gasteiger partial charge is 0.359 e. The van der Waals surface area contributed by atoms with Gasteiger partial charge in [-0.05, 0) is 19.9 Å². The third kappa shape index (κ3) is 1.53. The maximum atomic E-state index is 11.7. The normalized spacial score (nSPS) is 34.1. The average molecular weight is 197 g/mol. The highest BCUT2D eigenvalue weighted by Crippen LogP contribution is 2.31. The van der Waals surface area contributed by atoms with Crippen LogP contribution in [0.15, 0.2) is 0 Å². The fraction of sp³-hybridized carbons (Fsp3) is 0.900. The molecule has 0 saturated carbocycles. The van der Waals surface area contributed by atoms with Crippen molar-refractivity contribution in [2.24, 2.45) is 5.41 Å². The first-order valence-corrected chi connectivity index (χ1v) is 5.33. The van der Waals surface area contributed by atoms with Crippen molar-refractivity contribution in [3.63, 3.8) is 0 Å². The van der Waals surface area contributed by atoms with Gasteiger partial charge in [-0.2, -0.15) is 0 Å². The number of carbonyl (C=O) groups excluding carboxylic acids is 1. The van der Waals surface area contributed by atoms with Gasteiger partial charge in [0, 0.05) is 32.7 Å². The summed E-state index contributed by atoms with van der Waals surface area (Å²) in [5.41, 5.74) is -0.162. The molecule has 2 heterocycles. The number of likely N-dealkylation sites (tertiary alicyclic amines) is 1. The molecular formula is C10H19N3O. The van der Waals surface area contributed by atoms with Crippen LogP contribution in [0.2, 0.25) is 0 Å². The number of nitrogens with zero attached hydrogens (tertiary/aromatic N) is 1. The molecule has 80 valence electrons. The zero-order valence-electron chi connectivity index (χ0n) is 8.97. The summed E-state index contributed by atoms with van der Waals surface area (Å²) in [6, 6.07) is 0.668. The smallest absolute Gasteiger partial charge is 0.227 e. The second-order valence-electron chi connectivity index (χ2n) is 4.67. The summed E-state index contributed by atoms with van der Waals surface area (Å²) in [6.07, 6.45) is 0.989. The predicted octanol–water partition coefficient (Wildman–Crippen LogP) is -0.584. The van der Waals surface area contributed by atoms with Crippen molar-refractivity contribution >= 4 is 5.91 Å². The monoisotopic (exact) mass is 197 g/mol. The third-order valence-corrected chi connectivity index (χ3v) is 3.55. The SMILES string of the molecule is CNC(=O)C1(C)CCN(C2CNC2)C1. The first-order chi connectivity index (χ1) is 6.65. The molecule has 1 unspecified atom stereocenters. The van der Waals surface area contributed by atoms with Gasteiger partial charge in [-0.25, -0.2) is 0 Å². The van der Waals surface area contributed by atoms with E-state index in [1.165, 1.54) is 0 Å². The van der Waals surface area contributed by atoms with E-state index in [2.05, 4.69) is 22.5 Å². The Hall–Kier alpha value is -0.610. The van der Waals surface area contributed by atoms with Crippen LogP contribution >= 0.6 is 0 Å². The van der Waals surface area contributed by atoms with Gasteiger partial charge < -0.3 is 10.6 Å². The standard InChI is InChI=1S/C10H19N3O/c1-10(9(14)11-2)3-4-13(7-10)8-5-12-6-8/h8,12H,3-7H2,1-2H3,(H,11,14). The molecule has 2 aliphatic heterocycles. The van der Waals surface area contributed by atoms with Gasteiger partial charge in [-0.1, -0.05) is 0 Å². The molecule has 4 nitrogen and oxygen atoms in total. The average Bonchev–Trinajstić information content (AvgIpc) is 2.45. The van der Waals surface area contributed by atoms with Gasteiger partial charge in [0.05, 0.1) is 5.41 Å². The number of nitrogens with one attached hydrogen (secondary N) is 2. The molecule has 0 aromatic carbocycles. The second-order valence-corrected chi connectivity index (χ2v) is 4.67. The fourth-order valence-corrected chi connectivity index (χ4v) is 2.33. The van der Waals surface area contributed by atoms with Gasteiger partial charge in [0.15, 0.2) is 0 Å². The summed E-state index contributed by atoms with van der Waals surface area (Å²) in [7, 11) is 1.72. The Kier molecular flexibility index (Phi) is 2.49. The van der Waals surface area contributed by atoms with Crippen LogP contribution in [0.3, 0.4) is 0 Å². The van der Waals surface area contributed by atoms with Crippen molar-refractivity contribution < 1.29 is 4.79 Å². The van der Waals surface area contributed by atoms with Crippen molar-refractivity contribution in [2.45, 2.75) is 19.4 Å². The molecule has 2 saturated heterocycles. The molecule has 0 spiro atoms. The van der Waals surface area contributed by atoms with Crippen LogP contribution in [-0.4, -0.2) is 50.1 Å². The van der Waals surface area contributed by atoms with E-state index in [1.54, 1.807) is 7.05 Å². The molecule has 2 rings (SSSR count). The molecule has 2 aliphatic rings. The van der Waals surface area contributed by atoms with E-state index in [4.69, 9.17) is 0 Å². The van der Waals surface area contributed by atoms with Crippen LogP contribution in [0.25, 0.3) is 0 Å². The maximum absolute atomic E-state index is 11.7. The highest BCUT2D eigenvalue weighted by molar-refractivity contribution is 5.82. The van der Waals surface area contributed by atoms with Crippen LogP contribution in [0.4, 0.5) is 0 Å². The molecule has 2 fully saturated rings. The lowest BCUT2D eigenvalue weighted by Gasteiger charge is -2.36. The van der Waals surface area contributed by atoms with Gasteiger partial charge in [0.1, 0.15) is 0 Å². The molecule has 14 heavy (non-hydrogen) atoms. The van der Waals surface area contributed by atoms with E-state index >= 15 is 0 Å². The van der Waals surface area contributed by atoms with Gasteiger partial charge in [-0.3, -0.25) is 9.69 Å². The highest BCUT2D eigenvalue weighted by atomic mass is 16.2. The lowest BCUT2D eigenvalue weighted by atomic mass is 9.89. The van der Waals surface area contributed by atoms with E-state index in [1.807, 2.05) is 0 Å². The minimum absolute atomic E-state index is 0.162. The summed E-state index contributed by atoms with van der Waals surface area (Å²) in [5.74, 6) is 0.187. The Morgan fingerprint density at radius 1 is 1.57 bits per heavy atom. The van der Waals surface area contributed by atoms with Crippen molar-refractivity contribution in [1.82, 2.24) is 15.5 Å². The molecule has 0 aromatic heterocycles. The van der Waals surface area contributed by atoms with Crippen LogP contribution in [0.5, 0.6) is 0 Å². The number of hydrogen-bond donors (Lipinski definition) is 2. The van der Waals surface area contributed by atoms with E-state index in [0.29, 0.717) is 6.04 Å². The predicted molar refractivity (Wildman–Crippen MR) is 55.0 cm³/mol. The van der Waals surface area contributed by atoms with Crippen molar-refractivity contribution in [3.8, 4) is 0 Å². The van der Waals surface area contributed by atoms with Gasteiger partial charge >= 0.3 is 0 Å². The molecule has 0 bridgehead atoms. The number of rotatable bonds is 2. The van der Waals surface area contributed by atoms with Gasteiger partial charge in [0.2, 0.25) is 5.91 Å². The first kappa shape index (κ1) is 9.93. The lowest BCUT2D eigenvalue weighted by molar-refractivity contribution is -0.129. The molecule has 4 heteroatoms. The molecule has 0 aliphatic carbocycles. The minimum Gasteiger partial charge on any atom is -0.359 e. The van der Waals surface area contributed by atoms with Crippen LogP contribution in [0, 0.1) is 5.41 Å². The molecule has 2 N–H and O–H groups in total. The van der Waals surface area contributed by atoms with Crippen molar-refractivity contribution in [3.05, 3.63) is 0 Å². The second kappa shape index (κ2) is 3.51. The lowest BCUT2D eigenvalue weighted by Crippen LogP contribution is -2.57. The van der Waals surface area contributed by atoms with Gasteiger partial charge in [-0.15, -0.1) is 0 Å². The zero-order chi connectivity index (χ0) is 10.2. The summed E-state index contributed by atoms with van der Waals surface area (Å²) in [6.45, 7) is 6.22. The molecular weight excluding hydrogens is 178 g/mol. The zero-order valence-corrected chi connectivity index (χ0v) is 8.97. The van der Waals surface area contributed by atoms with Crippen molar-refractivity contribution in [1.29, 1.82) is 0 Å². The van der Waals surface area contributed by atoms with Crippen LogP contribution in [0.1, 0.15) is 13.3 Å². The van der Waals surface area contributed by atoms with E-state index in [0.717, 1.165) is 32.6 Å². The number of carbonyl (C=O) groups is 1. The Morgan fingerprint density at radius 3 is 2.79 bits per heavy atom. The molecule has 0 aromatic rings. The maximum Gasteiger partial charge on any atom is 0.227 e. The molecule has 1 amide bonds. The molecule has 0 radical (unpaired) electrons. The molecule has 1 atom stereocenters. The van der Waals surface area contributed by atoms with Gasteiger partial charge in [0.25, 0.3) is 0 Å². The third-order valence-electron chi connectivity index (χ3n) is 3.55. The van der Waals surface area contributed by atoms with Crippen LogP contribution < -0.4 is 10.6 Å². The first-order valence-electron chi connectivity index (χ1n) is 5.33. The highest BCUT2D eigenvalue weighted by Gasteiger charge is 2.42. The Morgan fingerprint density at radius 2 is 2.29 bits per heavy atom. The number of hydrogen-bond acceptors (Lipinski definition) is 3. The minimum atomic E-state index is -0.162. The van der Waals surface area contributed by atoms with E-state index in [9.17, 15) is 4.79 Å². The van der Waals surface area contributed by atoms with Crippen LogP contribution in [-0.2, 0) is 4.79 Å². The Labute approximate surface area is 85.0 Å². The van der Waals surface area contributed by atoms with Crippen molar-refractivity contribution in [2.75, 3.05) is 33.2 Å². The summed E-state index contributed by atoms with van der Waals surface area (Å²) in [5, 5.41) is 6.03. The van der Waals surface area contributed by atoms with E-state index < -0.39 is 0 Å². The number of amides is 1.